The Balaban J connectivity index is 1.97. The highest BCUT2D eigenvalue weighted by atomic mass is 16.6. The second-order valence-electron chi connectivity index (χ2n) is 4.33. The van der Waals surface area contributed by atoms with Crippen LogP contribution < -0.4 is 4.90 Å². The smallest absolute Gasteiger partial charge is 0.414 e. The van der Waals surface area contributed by atoms with Gasteiger partial charge in [-0.25, -0.2) is 4.79 Å². The van der Waals surface area contributed by atoms with Crippen LogP contribution in [-0.2, 0) is 4.74 Å². The van der Waals surface area contributed by atoms with E-state index in [0.717, 1.165) is 16.5 Å². The van der Waals surface area contributed by atoms with Crippen molar-refractivity contribution in [1.29, 1.82) is 0 Å². The maximum absolute atomic E-state index is 11.7. The monoisotopic (exact) mass is 243 g/mol. The van der Waals surface area contributed by atoms with Crippen LogP contribution in [0.4, 0.5) is 10.5 Å². The summed E-state index contributed by atoms with van der Waals surface area (Å²) in [4.78, 5) is 13.2. The van der Waals surface area contributed by atoms with Crippen molar-refractivity contribution in [1.82, 2.24) is 0 Å². The summed E-state index contributed by atoms with van der Waals surface area (Å²) in [7, 11) is 0. The molecule has 18 heavy (non-hydrogen) atoms. The molecule has 4 heteroatoms. The second-order valence-corrected chi connectivity index (χ2v) is 4.33. The van der Waals surface area contributed by atoms with Gasteiger partial charge in [-0.1, -0.05) is 30.3 Å². The molecule has 0 bridgehead atoms. The van der Waals surface area contributed by atoms with Gasteiger partial charge in [0.15, 0.2) is 0 Å². The molecular weight excluding hydrogens is 230 g/mol. The lowest BCUT2D eigenvalue weighted by atomic mass is 10.1. The van der Waals surface area contributed by atoms with Crippen LogP contribution >= 0.6 is 0 Å². The highest BCUT2D eigenvalue weighted by Crippen LogP contribution is 2.25. The van der Waals surface area contributed by atoms with Gasteiger partial charge in [-0.15, -0.1) is 0 Å². The number of aliphatic hydroxyl groups excluding tert-OH is 1. The van der Waals surface area contributed by atoms with Crippen LogP contribution in [0.1, 0.15) is 0 Å². The molecule has 2 aromatic rings. The second kappa shape index (κ2) is 4.31. The van der Waals surface area contributed by atoms with Gasteiger partial charge in [-0.2, -0.15) is 0 Å². The molecule has 1 saturated heterocycles. The Morgan fingerprint density at radius 3 is 2.72 bits per heavy atom. The number of carbonyl (C=O) groups is 1. The lowest BCUT2D eigenvalue weighted by molar-refractivity contribution is 0.0963. The Morgan fingerprint density at radius 1 is 1.22 bits per heavy atom. The van der Waals surface area contributed by atoms with E-state index in [0.29, 0.717) is 6.54 Å². The molecule has 1 aliphatic heterocycles. The molecule has 0 radical (unpaired) electrons. The molecule has 0 saturated carbocycles. The fraction of sp³-hybridized carbons (Fsp3) is 0.214. The van der Waals surface area contributed by atoms with Crippen LogP contribution in [0, 0.1) is 0 Å². The van der Waals surface area contributed by atoms with E-state index in [-0.39, 0.29) is 6.61 Å². The molecular formula is C14H13NO3. The first kappa shape index (κ1) is 11.0. The van der Waals surface area contributed by atoms with Crippen molar-refractivity contribution in [3.05, 3.63) is 42.5 Å². The minimum absolute atomic E-state index is 0.143. The van der Waals surface area contributed by atoms with E-state index in [1.165, 1.54) is 0 Å². The highest BCUT2D eigenvalue weighted by molar-refractivity contribution is 5.94. The van der Waals surface area contributed by atoms with Gasteiger partial charge < -0.3 is 9.84 Å². The van der Waals surface area contributed by atoms with E-state index in [4.69, 9.17) is 9.84 Å². The van der Waals surface area contributed by atoms with Crippen molar-refractivity contribution in [3.8, 4) is 0 Å². The van der Waals surface area contributed by atoms with Gasteiger partial charge in [0.05, 0.1) is 13.2 Å². The molecule has 0 spiro atoms. The van der Waals surface area contributed by atoms with Crippen LogP contribution in [-0.4, -0.2) is 30.5 Å². The number of carbonyl (C=O) groups excluding carboxylic acids is 1. The van der Waals surface area contributed by atoms with Crippen molar-refractivity contribution in [2.45, 2.75) is 6.10 Å². The number of benzene rings is 2. The van der Waals surface area contributed by atoms with Crippen molar-refractivity contribution >= 4 is 22.6 Å². The third-order valence-electron chi connectivity index (χ3n) is 3.12. The standard InChI is InChI=1S/C14H13NO3/c16-9-13-8-15(14(17)18-13)12-6-5-10-3-1-2-4-11(10)7-12/h1-7,13,16H,8-9H2. The number of nitrogens with zero attached hydrogens (tertiary/aromatic N) is 1. The van der Waals surface area contributed by atoms with Gasteiger partial charge in [0.25, 0.3) is 0 Å². The van der Waals surface area contributed by atoms with Crippen molar-refractivity contribution < 1.29 is 14.6 Å². The minimum atomic E-state index is -0.427. The molecule has 0 aromatic heterocycles. The number of anilines is 1. The van der Waals surface area contributed by atoms with Gasteiger partial charge >= 0.3 is 6.09 Å². The lowest BCUT2D eigenvalue weighted by Gasteiger charge is -2.13. The zero-order valence-electron chi connectivity index (χ0n) is 9.74. The van der Waals surface area contributed by atoms with Crippen molar-refractivity contribution in [3.63, 3.8) is 0 Å². The molecule has 1 heterocycles. The summed E-state index contributed by atoms with van der Waals surface area (Å²) in [5.74, 6) is 0. The van der Waals surface area contributed by atoms with E-state index in [1.807, 2.05) is 42.5 Å². The molecule has 2 aromatic carbocycles. The van der Waals surface area contributed by atoms with Crippen LogP contribution in [0.25, 0.3) is 10.8 Å². The number of hydrogen-bond acceptors (Lipinski definition) is 3. The zero-order valence-corrected chi connectivity index (χ0v) is 9.74. The number of aliphatic hydroxyl groups is 1. The van der Waals surface area contributed by atoms with E-state index in [2.05, 4.69) is 0 Å². The Labute approximate surface area is 104 Å². The Morgan fingerprint density at radius 2 is 2.00 bits per heavy atom. The fourth-order valence-electron chi connectivity index (χ4n) is 2.17. The van der Waals surface area contributed by atoms with Crippen LogP contribution in [0.2, 0.25) is 0 Å². The van der Waals surface area contributed by atoms with Crippen molar-refractivity contribution in [2.75, 3.05) is 18.1 Å². The maximum Gasteiger partial charge on any atom is 0.414 e. The summed E-state index contributed by atoms with van der Waals surface area (Å²) in [6, 6.07) is 13.8. The molecule has 1 atom stereocenters. The quantitative estimate of drug-likeness (QED) is 0.879. The number of fused-ring (bicyclic) bond motifs is 1. The van der Waals surface area contributed by atoms with E-state index < -0.39 is 12.2 Å². The summed E-state index contributed by atoms with van der Waals surface area (Å²) in [5.41, 5.74) is 0.801. The molecule has 1 aliphatic rings. The zero-order chi connectivity index (χ0) is 12.5. The Bertz CT molecular complexity index is 596. The van der Waals surface area contributed by atoms with E-state index >= 15 is 0 Å². The molecule has 1 fully saturated rings. The topological polar surface area (TPSA) is 49.8 Å². The minimum Gasteiger partial charge on any atom is -0.441 e. The molecule has 1 unspecified atom stereocenters. The SMILES string of the molecule is O=C1OC(CO)CN1c1ccc2ccccc2c1. The Kier molecular flexibility index (Phi) is 2.64. The predicted octanol–water partition coefficient (Wildman–Crippen LogP) is 2.16. The van der Waals surface area contributed by atoms with Gasteiger partial charge in [-0.3, -0.25) is 4.90 Å². The number of ether oxygens (including phenoxy) is 1. The number of amides is 1. The largest absolute Gasteiger partial charge is 0.441 e. The summed E-state index contributed by atoms with van der Waals surface area (Å²) in [6.07, 6.45) is -0.826. The Hall–Kier alpha value is -2.07. The van der Waals surface area contributed by atoms with Crippen LogP contribution in [0.3, 0.4) is 0 Å². The van der Waals surface area contributed by atoms with Crippen LogP contribution in [0.15, 0.2) is 42.5 Å². The molecule has 92 valence electrons. The maximum atomic E-state index is 11.7. The average molecular weight is 243 g/mol. The summed E-state index contributed by atoms with van der Waals surface area (Å²) in [6.45, 7) is 0.253. The molecule has 4 nitrogen and oxygen atoms in total. The van der Waals surface area contributed by atoms with Gasteiger partial charge in [0, 0.05) is 5.69 Å². The van der Waals surface area contributed by atoms with Gasteiger partial charge in [0.1, 0.15) is 6.10 Å². The molecule has 0 aliphatic carbocycles. The first-order valence-corrected chi connectivity index (χ1v) is 5.86. The number of hydrogen-bond donors (Lipinski definition) is 1. The normalized spacial score (nSPS) is 19.3. The first-order chi connectivity index (χ1) is 8.78. The van der Waals surface area contributed by atoms with Crippen LogP contribution in [0.5, 0.6) is 0 Å². The molecule has 1 N–H and O–H groups in total. The molecule has 3 rings (SSSR count). The number of cyclic esters (lactones) is 1. The van der Waals surface area contributed by atoms with E-state index in [9.17, 15) is 4.79 Å². The predicted molar refractivity (Wildman–Crippen MR) is 68.6 cm³/mol. The summed E-state index contributed by atoms with van der Waals surface area (Å²) < 4.78 is 5.03. The summed E-state index contributed by atoms with van der Waals surface area (Å²) >= 11 is 0. The number of rotatable bonds is 2. The third-order valence-corrected chi connectivity index (χ3v) is 3.12. The van der Waals surface area contributed by atoms with Gasteiger partial charge in [0.2, 0.25) is 0 Å². The summed E-state index contributed by atoms with van der Waals surface area (Å²) in [5, 5.41) is 11.2. The van der Waals surface area contributed by atoms with Crippen molar-refractivity contribution in [2.24, 2.45) is 0 Å². The molecule has 1 amide bonds. The third kappa shape index (κ3) is 1.80. The lowest BCUT2D eigenvalue weighted by Crippen LogP contribution is -2.25. The first-order valence-electron chi connectivity index (χ1n) is 5.86. The average Bonchev–Trinajstić information content (AvgIpc) is 2.79. The van der Waals surface area contributed by atoms with Gasteiger partial charge in [-0.05, 0) is 22.9 Å². The highest BCUT2D eigenvalue weighted by Gasteiger charge is 2.31. The van der Waals surface area contributed by atoms with E-state index in [1.54, 1.807) is 4.90 Å². The fourth-order valence-corrected chi connectivity index (χ4v) is 2.17.